The van der Waals surface area contributed by atoms with Crippen LogP contribution < -0.4 is 16.1 Å². The molecule has 6 nitrogen and oxygen atoms in total. The van der Waals surface area contributed by atoms with Gasteiger partial charge >= 0.3 is 11.8 Å². The van der Waals surface area contributed by atoms with E-state index in [9.17, 15) is 14.0 Å². The van der Waals surface area contributed by atoms with Gasteiger partial charge in [-0.05, 0) is 42.8 Å². The zero-order valence-corrected chi connectivity index (χ0v) is 17.4. The van der Waals surface area contributed by atoms with Gasteiger partial charge in [-0.2, -0.15) is 5.10 Å². The van der Waals surface area contributed by atoms with Crippen molar-refractivity contribution in [3.05, 3.63) is 94.8 Å². The number of rotatable bonds is 6. The molecule has 8 heteroatoms. The first-order valence-corrected chi connectivity index (χ1v) is 9.82. The predicted octanol–water partition coefficient (Wildman–Crippen LogP) is 4.55. The molecule has 0 fully saturated rings. The van der Waals surface area contributed by atoms with E-state index in [0.29, 0.717) is 16.3 Å². The van der Waals surface area contributed by atoms with Crippen LogP contribution in [0.2, 0.25) is 5.02 Å². The highest BCUT2D eigenvalue weighted by molar-refractivity contribution is 6.35. The summed E-state index contributed by atoms with van der Waals surface area (Å²) in [5, 5.41) is 9.82. The highest BCUT2D eigenvalue weighted by Crippen LogP contribution is 2.24. The Kier molecular flexibility index (Phi) is 7.35. The normalized spacial score (nSPS) is 11.7. The smallest absolute Gasteiger partial charge is 0.329 e. The van der Waals surface area contributed by atoms with Crippen molar-refractivity contribution in [2.24, 2.45) is 5.10 Å². The lowest BCUT2D eigenvalue weighted by molar-refractivity contribution is -0.139. The van der Waals surface area contributed by atoms with E-state index in [4.69, 9.17) is 11.6 Å². The molecule has 0 saturated carbocycles. The monoisotopic (exact) mass is 438 g/mol. The Labute approximate surface area is 184 Å². The van der Waals surface area contributed by atoms with Crippen LogP contribution in [0.25, 0.3) is 0 Å². The number of nitrogens with zero attached hydrogens (tertiary/aromatic N) is 1. The van der Waals surface area contributed by atoms with E-state index in [-0.39, 0.29) is 11.7 Å². The molecule has 0 heterocycles. The first-order chi connectivity index (χ1) is 14.9. The van der Waals surface area contributed by atoms with E-state index in [2.05, 4.69) is 21.2 Å². The maximum Gasteiger partial charge on any atom is 0.329 e. The molecular formula is C23H20ClFN4O2. The average molecular weight is 439 g/mol. The Morgan fingerprint density at radius 2 is 1.68 bits per heavy atom. The van der Waals surface area contributed by atoms with Gasteiger partial charge in [0.25, 0.3) is 0 Å². The number of carbonyl (C=O) groups is 2. The predicted molar refractivity (Wildman–Crippen MR) is 120 cm³/mol. The number of nitrogens with one attached hydrogen (secondary N) is 3. The highest BCUT2D eigenvalue weighted by atomic mass is 35.5. The summed E-state index contributed by atoms with van der Waals surface area (Å²) in [7, 11) is 0. The van der Waals surface area contributed by atoms with Gasteiger partial charge in [-0.1, -0.05) is 54.1 Å². The van der Waals surface area contributed by atoms with Crippen LogP contribution >= 0.6 is 11.6 Å². The van der Waals surface area contributed by atoms with Gasteiger partial charge < -0.3 is 10.6 Å². The van der Waals surface area contributed by atoms with Crippen LogP contribution in [0, 0.1) is 5.82 Å². The van der Waals surface area contributed by atoms with E-state index in [1.165, 1.54) is 12.3 Å². The second-order valence-electron chi connectivity index (χ2n) is 6.64. The van der Waals surface area contributed by atoms with Gasteiger partial charge in [0.15, 0.2) is 0 Å². The summed E-state index contributed by atoms with van der Waals surface area (Å²) in [6, 6.07) is 20.0. The highest BCUT2D eigenvalue weighted by Gasteiger charge is 2.16. The van der Waals surface area contributed by atoms with E-state index >= 15 is 0 Å². The second kappa shape index (κ2) is 10.4. The number of hydrogen-bond donors (Lipinski definition) is 3. The maximum absolute atomic E-state index is 13.9. The molecule has 3 aromatic rings. The molecule has 1 atom stereocenters. The average Bonchev–Trinajstić information content (AvgIpc) is 2.77. The zero-order valence-electron chi connectivity index (χ0n) is 16.6. The van der Waals surface area contributed by atoms with Crippen LogP contribution in [0.15, 0.2) is 77.9 Å². The number of halogens is 2. The van der Waals surface area contributed by atoms with Crippen molar-refractivity contribution in [3.63, 3.8) is 0 Å². The lowest BCUT2D eigenvalue weighted by Crippen LogP contribution is -2.39. The molecule has 3 N–H and O–H groups in total. The molecule has 0 spiro atoms. The summed E-state index contributed by atoms with van der Waals surface area (Å²) >= 11 is 6.04. The summed E-state index contributed by atoms with van der Waals surface area (Å²) < 4.78 is 13.9. The van der Waals surface area contributed by atoms with Crippen molar-refractivity contribution in [1.29, 1.82) is 0 Å². The number of para-hydroxylation sites is 1. The molecule has 0 unspecified atom stereocenters. The van der Waals surface area contributed by atoms with E-state index in [1.807, 2.05) is 30.3 Å². The second-order valence-corrected chi connectivity index (χ2v) is 7.08. The fourth-order valence-corrected chi connectivity index (χ4v) is 2.94. The van der Waals surface area contributed by atoms with Crippen molar-refractivity contribution < 1.29 is 14.0 Å². The molecule has 0 saturated heterocycles. The fourth-order valence-electron chi connectivity index (χ4n) is 2.76. The summed E-state index contributed by atoms with van der Waals surface area (Å²) in [5.74, 6) is -2.15. The molecule has 0 aliphatic carbocycles. The van der Waals surface area contributed by atoms with E-state index < -0.39 is 17.6 Å². The maximum atomic E-state index is 13.9. The molecule has 0 aliphatic rings. The van der Waals surface area contributed by atoms with Gasteiger partial charge in [-0.3, -0.25) is 9.59 Å². The quantitative estimate of drug-likeness (QED) is 0.300. The molecule has 3 aromatic carbocycles. The molecule has 0 aromatic heterocycles. The molecular weight excluding hydrogens is 419 g/mol. The summed E-state index contributed by atoms with van der Waals surface area (Å²) in [6.07, 6.45) is 1.32. The van der Waals surface area contributed by atoms with Crippen LogP contribution in [0.4, 0.5) is 15.8 Å². The lowest BCUT2D eigenvalue weighted by atomic mass is 10.1. The van der Waals surface area contributed by atoms with Crippen LogP contribution in [0.1, 0.15) is 24.1 Å². The van der Waals surface area contributed by atoms with Gasteiger partial charge in [-0.15, -0.1) is 0 Å². The minimum atomic E-state index is -0.912. The Balaban J connectivity index is 1.65. The van der Waals surface area contributed by atoms with E-state index in [1.54, 1.807) is 43.3 Å². The van der Waals surface area contributed by atoms with Gasteiger partial charge in [0.1, 0.15) is 5.82 Å². The molecule has 0 radical (unpaired) electrons. The van der Waals surface area contributed by atoms with Crippen LogP contribution in [0.5, 0.6) is 0 Å². The number of benzene rings is 3. The Morgan fingerprint density at radius 3 is 2.42 bits per heavy atom. The van der Waals surface area contributed by atoms with Crippen molar-refractivity contribution in [2.45, 2.75) is 13.0 Å². The minimum Gasteiger partial charge on any atom is -0.353 e. The summed E-state index contributed by atoms with van der Waals surface area (Å²) in [4.78, 5) is 24.2. The fraction of sp³-hybridized carbons (Fsp3) is 0.0870. The van der Waals surface area contributed by atoms with E-state index in [0.717, 1.165) is 5.56 Å². The molecule has 3 rings (SSSR count). The SMILES string of the molecule is C[C@@H](NC(=O)C(=O)N/N=C\c1cc(Cl)ccc1Nc1ccccc1F)c1ccccc1. The molecule has 0 aliphatic heterocycles. The lowest BCUT2D eigenvalue weighted by Gasteiger charge is -2.13. The number of anilines is 2. The van der Waals surface area contributed by atoms with Crippen molar-refractivity contribution >= 4 is 41.0 Å². The standard InChI is InChI=1S/C23H20ClFN4O2/c1-15(16-7-3-2-4-8-16)27-22(30)23(31)29-26-14-17-13-18(24)11-12-20(17)28-21-10-6-5-9-19(21)25/h2-15,28H,1H3,(H,27,30)(H,29,31)/b26-14-/t15-/m1/s1. The van der Waals surface area contributed by atoms with Crippen LogP contribution in [0.3, 0.4) is 0 Å². The third-order valence-electron chi connectivity index (χ3n) is 4.38. The van der Waals surface area contributed by atoms with Crippen LogP contribution in [-0.2, 0) is 9.59 Å². The minimum absolute atomic E-state index is 0.276. The first kappa shape index (κ1) is 22.0. The largest absolute Gasteiger partial charge is 0.353 e. The zero-order chi connectivity index (χ0) is 22.2. The summed E-state index contributed by atoms with van der Waals surface area (Å²) in [6.45, 7) is 1.77. The van der Waals surface area contributed by atoms with Gasteiger partial charge in [0.2, 0.25) is 0 Å². The Hall–Kier alpha value is -3.71. The molecule has 2 amide bonds. The number of carbonyl (C=O) groups excluding carboxylic acids is 2. The molecule has 0 bridgehead atoms. The Bertz CT molecular complexity index is 1110. The number of hydrazone groups is 1. The van der Waals surface area contributed by atoms with Gasteiger partial charge in [-0.25, -0.2) is 9.82 Å². The van der Waals surface area contributed by atoms with Crippen LogP contribution in [-0.4, -0.2) is 18.0 Å². The number of hydrogen-bond acceptors (Lipinski definition) is 4. The van der Waals surface area contributed by atoms with Gasteiger partial charge in [0.05, 0.1) is 17.9 Å². The molecule has 158 valence electrons. The third kappa shape index (κ3) is 6.13. The topological polar surface area (TPSA) is 82.6 Å². The van der Waals surface area contributed by atoms with Crippen molar-refractivity contribution in [3.8, 4) is 0 Å². The number of amides is 2. The van der Waals surface area contributed by atoms with Crippen molar-refractivity contribution in [1.82, 2.24) is 10.7 Å². The van der Waals surface area contributed by atoms with Gasteiger partial charge in [0, 0.05) is 16.3 Å². The third-order valence-corrected chi connectivity index (χ3v) is 4.62. The van der Waals surface area contributed by atoms with Crippen molar-refractivity contribution in [2.75, 3.05) is 5.32 Å². The summed E-state index contributed by atoms with van der Waals surface area (Å²) in [5.41, 5.74) is 4.35. The molecule has 31 heavy (non-hydrogen) atoms. The first-order valence-electron chi connectivity index (χ1n) is 9.44. The Morgan fingerprint density at radius 1 is 0.968 bits per heavy atom.